The van der Waals surface area contributed by atoms with Crippen LogP contribution in [0, 0.1) is 0 Å². The number of nitrogens with one attached hydrogen (secondary N) is 1. The zero-order valence-electron chi connectivity index (χ0n) is 11.2. The lowest BCUT2D eigenvalue weighted by Crippen LogP contribution is -2.20. The number of aromatic nitrogens is 4. The number of fused-ring (bicyclic) bond motifs is 1. The molecule has 21 heavy (non-hydrogen) atoms. The van der Waals surface area contributed by atoms with Crippen molar-refractivity contribution in [2.45, 2.75) is 12.7 Å². The normalized spacial score (nSPS) is 12.7. The molecule has 0 aromatic carbocycles. The summed E-state index contributed by atoms with van der Waals surface area (Å²) in [4.78, 5) is 8.37. The quantitative estimate of drug-likeness (QED) is 0.481. The SMILES string of the molecule is NCCn1ncc2c(NC(N)c3ccco3)nc(N)nc21. The van der Waals surface area contributed by atoms with E-state index in [4.69, 9.17) is 21.6 Å². The summed E-state index contributed by atoms with van der Waals surface area (Å²) in [6.45, 7) is 0.999. The molecular weight excluding hydrogens is 272 g/mol. The summed E-state index contributed by atoms with van der Waals surface area (Å²) in [5.41, 5.74) is 17.9. The van der Waals surface area contributed by atoms with Crippen molar-refractivity contribution in [1.29, 1.82) is 0 Å². The standard InChI is InChI=1S/C12H16N8O/c13-3-4-20-11-7(6-16-20)10(18-12(15)19-11)17-9(14)8-2-1-5-21-8/h1-2,5-6,9H,3-4,13-14H2,(H3,15,17,18,19). The molecule has 1 atom stereocenters. The van der Waals surface area contributed by atoms with Crippen molar-refractivity contribution in [3.05, 3.63) is 30.4 Å². The maximum Gasteiger partial charge on any atom is 0.224 e. The van der Waals surface area contributed by atoms with E-state index in [9.17, 15) is 0 Å². The van der Waals surface area contributed by atoms with E-state index in [-0.39, 0.29) is 5.95 Å². The second-order valence-electron chi connectivity index (χ2n) is 4.46. The highest BCUT2D eigenvalue weighted by Crippen LogP contribution is 2.23. The van der Waals surface area contributed by atoms with E-state index < -0.39 is 6.17 Å². The molecule has 0 saturated heterocycles. The zero-order valence-corrected chi connectivity index (χ0v) is 11.2. The van der Waals surface area contributed by atoms with Crippen molar-refractivity contribution >= 4 is 22.8 Å². The highest BCUT2D eigenvalue weighted by Gasteiger charge is 2.15. The summed E-state index contributed by atoms with van der Waals surface area (Å²) >= 11 is 0. The van der Waals surface area contributed by atoms with E-state index in [0.717, 1.165) is 5.39 Å². The Labute approximate surface area is 120 Å². The van der Waals surface area contributed by atoms with Crippen LogP contribution in [0.5, 0.6) is 0 Å². The maximum absolute atomic E-state index is 6.02. The minimum absolute atomic E-state index is 0.135. The molecular formula is C12H16N8O. The molecule has 0 aliphatic heterocycles. The summed E-state index contributed by atoms with van der Waals surface area (Å²) in [6.07, 6.45) is 2.66. The van der Waals surface area contributed by atoms with Gasteiger partial charge in [0.1, 0.15) is 17.7 Å². The number of furan rings is 1. The Hall–Kier alpha value is -2.65. The van der Waals surface area contributed by atoms with Crippen molar-refractivity contribution in [3.8, 4) is 0 Å². The minimum atomic E-state index is -0.546. The first kappa shape index (κ1) is 13.3. The van der Waals surface area contributed by atoms with Gasteiger partial charge in [-0.05, 0) is 12.1 Å². The summed E-state index contributed by atoms with van der Waals surface area (Å²) in [5.74, 6) is 1.23. The van der Waals surface area contributed by atoms with Crippen molar-refractivity contribution in [1.82, 2.24) is 19.7 Å². The third-order valence-corrected chi connectivity index (χ3v) is 3.00. The number of hydrogen-bond donors (Lipinski definition) is 4. The maximum atomic E-state index is 6.02. The lowest BCUT2D eigenvalue weighted by molar-refractivity contribution is 0.483. The van der Waals surface area contributed by atoms with Gasteiger partial charge in [-0.25, -0.2) is 4.68 Å². The van der Waals surface area contributed by atoms with Crippen LogP contribution in [0.2, 0.25) is 0 Å². The van der Waals surface area contributed by atoms with Gasteiger partial charge in [0.15, 0.2) is 5.65 Å². The summed E-state index contributed by atoms with van der Waals surface area (Å²) in [5, 5.41) is 8.00. The van der Waals surface area contributed by atoms with Gasteiger partial charge in [-0.15, -0.1) is 0 Å². The molecule has 7 N–H and O–H groups in total. The second-order valence-corrected chi connectivity index (χ2v) is 4.46. The minimum Gasteiger partial charge on any atom is -0.466 e. The van der Waals surface area contributed by atoms with E-state index in [0.29, 0.717) is 30.3 Å². The fraction of sp³-hybridized carbons (Fsp3) is 0.250. The molecule has 1 unspecified atom stereocenters. The average molecular weight is 288 g/mol. The van der Waals surface area contributed by atoms with E-state index in [1.807, 2.05) is 0 Å². The second kappa shape index (κ2) is 5.38. The Bertz CT molecular complexity index is 735. The van der Waals surface area contributed by atoms with Crippen molar-refractivity contribution in [3.63, 3.8) is 0 Å². The van der Waals surface area contributed by atoms with Crippen LogP contribution in [-0.2, 0) is 6.54 Å². The molecule has 0 aliphatic rings. The molecule has 3 aromatic rings. The third kappa shape index (κ3) is 2.51. The van der Waals surface area contributed by atoms with Crippen LogP contribution in [0.25, 0.3) is 11.0 Å². The van der Waals surface area contributed by atoms with Crippen LogP contribution in [0.1, 0.15) is 11.9 Å². The molecule has 0 aliphatic carbocycles. The van der Waals surface area contributed by atoms with E-state index in [2.05, 4.69) is 20.4 Å². The van der Waals surface area contributed by atoms with Gasteiger partial charge < -0.3 is 26.9 Å². The van der Waals surface area contributed by atoms with Crippen LogP contribution in [0.3, 0.4) is 0 Å². The summed E-state index contributed by atoms with van der Waals surface area (Å²) in [6, 6.07) is 3.54. The van der Waals surface area contributed by atoms with Gasteiger partial charge in [0, 0.05) is 6.54 Å². The number of anilines is 2. The van der Waals surface area contributed by atoms with Crippen LogP contribution in [0.4, 0.5) is 11.8 Å². The Kier molecular flexibility index (Phi) is 3.42. The Morgan fingerprint density at radius 3 is 2.95 bits per heavy atom. The van der Waals surface area contributed by atoms with Crippen LogP contribution in [0.15, 0.2) is 29.0 Å². The molecule has 3 heterocycles. The first-order valence-corrected chi connectivity index (χ1v) is 6.43. The molecule has 0 fully saturated rings. The van der Waals surface area contributed by atoms with Gasteiger partial charge in [-0.3, -0.25) is 0 Å². The van der Waals surface area contributed by atoms with Crippen LogP contribution >= 0.6 is 0 Å². The Balaban J connectivity index is 1.98. The third-order valence-electron chi connectivity index (χ3n) is 3.00. The lowest BCUT2D eigenvalue weighted by Gasteiger charge is -2.13. The summed E-state index contributed by atoms with van der Waals surface area (Å²) in [7, 11) is 0. The van der Waals surface area contributed by atoms with E-state index in [1.165, 1.54) is 0 Å². The fourth-order valence-corrected chi connectivity index (χ4v) is 2.05. The fourth-order valence-electron chi connectivity index (χ4n) is 2.05. The number of nitrogens with two attached hydrogens (primary N) is 3. The van der Waals surface area contributed by atoms with Gasteiger partial charge >= 0.3 is 0 Å². The molecule has 9 nitrogen and oxygen atoms in total. The molecule has 0 spiro atoms. The highest BCUT2D eigenvalue weighted by atomic mass is 16.3. The molecule has 0 amide bonds. The molecule has 0 bridgehead atoms. The predicted octanol–water partition coefficient (Wildman–Crippen LogP) is 0.0296. The summed E-state index contributed by atoms with van der Waals surface area (Å²) < 4.78 is 6.93. The Morgan fingerprint density at radius 2 is 2.24 bits per heavy atom. The molecule has 0 radical (unpaired) electrons. The van der Waals surface area contributed by atoms with Crippen LogP contribution < -0.4 is 22.5 Å². The van der Waals surface area contributed by atoms with Crippen molar-refractivity contribution < 1.29 is 4.42 Å². The largest absolute Gasteiger partial charge is 0.466 e. The smallest absolute Gasteiger partial charge is 0.224 e. The predicted molar refractivity (Wildman–Crippen MR) is 78.0 cm³/mol. The van der Waals surface area contributed by atoms with Gasteiger partial charge in [0.2, 0.25) is 5.95 Å². The Morgan fingerprint density at radius 1 is 1.38 bits per heavy atom. The van der Waals surface area contributed by atoms with Crippen LogP contribution in [-0.4, -0.2) is 26.3 Å². The first-order valence-electron chi connectivity index (χ1n) is 6.43. The monoisotopic (exact) mass is 288 g/mol. The average Bonchev–Trinajstić information content (AvgIpc) is 3.09. The first-order chi connectivity index (χ1) is 10.2. The highest BCUT2D eigenvalue weighted by molar-refractivity contribution is 5.87. The van der Waals surface area contributed by atoms with E-state index in [1.54, 1.807) is 29.3 Å². The van der Waals surface area contributed by atoms with Gasteiger partial charge in [-0.2, -0.15) is 15.1 Å². The van der Waals surface area contributed by atoms with E-state index >= 15 is 0 Å². The van der Waals surface area contributed by atoms with Crippen molar-refractivity contribution in [2.24, 2.45) is 11.5 Å². The molecule has 3 aromatic heterocycles. The molecule has 9 heteroatoms. The number of nitrogens with zero attached hydrogens (tertiary/aromatic N) is 4. The lowest BCUT2D eigenvalue weighted by atomic mass is 10.3. The van der Waals surface area contributed by atoms with Gasteiger partial charge in [-0.1, -0.05) is 0 Å². The molecule has 110 valence electrons. The number of hydrogen-bond acceptors (Lipinski definition) is 8. The van der Waals surface area contributed by atoms with Crippen molar-refractivity contribution in [2.75, 3.05) is 17.6 Å². The van der Waals surface area contributed by atoms with Gasteiger partial charge in [0.05, 0.1) is 24.4 Å². The van der Waals surface area contributed by atoms with Gasteiger partial charge in [0.25, 0.3) is 0 Å². The topological polar surface area (TPSA) is 147 Å². The number of rotatable bonds is 5. The zero-order chi connectivity index (χ0) is 14.8. The molecule has 3 rings (SSSR count). The molecule has 0 saturated carbocycles. The number of nitrogen functional groups attached to an aromatic ring is 1.